The number of aryl methyl sites for hydroxylation is 4. The van der Waals surface area contributed by atoms with E-state index in [4.69, 9.17) is 0 Å². The van der Waals surface area contributed by atoms with Crippen molar-refractivity contribution >= 4 is 33.8 Å². The highest BCUT2D eigenvalue weighted by Gasteiger charge is 2.38. The van der Waals surface area contributed by atoms with Crippen molar-refractivity contribution in [3.05, 3.63) is 164 Å². The van der Waals surface area contributed by atoms with Crippen LogP contribution in [0.2, 0.25) is 0 Å². The molecule has 0 N–H and O–H groups in total. The standard InChI is InChI=1S/C41H36S2/c1-26-15-19-32(20-16-26)38-24-34(28(3)42-38)40-36(30-11-7-5-8-12-30)23-37(31-13-9-6-10-14-31)41(40)35-25-39(43-29(35)4)33-21-17-27(2)18-22-33/h5-22,24-25,36-37H,23H2,1-4H3/t36-,37-/m0/s1. The van der Waals surface area contributed by atoms with Crippen LogP contribution >= 0.6 is 22.7 Å². The molecule has 2 aromatic heterocycles. The summed E-state index contributed by atoms with van der Waals surface area (Å²) in [6.45, 7) is 8.95. The second kappa shape index (κ2) is 11.6. The fourth-order valence-corrected chi connectivity index (χ4v) is 8.79. The van der Waals surface area contributed by atoms with Crippen LogP contribution in [0.4, 0.5) is 0 Å². The first kappa shape index (κ1) is 27.8. The van der Waals surface area contributed by atoms with Gasteiger partial charge in [-0.25, -0.2) is 0 Å². The van der Waals surface area contributed by atoms with Gasteiger partial charge in [-0.15, -0.1) is 22.7 Å². The van der Waals surface area contributed by atoms with Crippen molar-refractivity contribution in [3.8, 4) is 20.9 Å². The van der Waals surface area contributed by atoms with Gasteiger partial charge in [-0.2, -0.15) is 0 Å². The van der Waals surface area contributed by atoms with Gasteiger partial charge in [-0.05, 0) is 90.8 Å². The molecule has 0 spiro atoms. The first-order valence-electron chi connectivity index (χ1n) is 15.2. The number of rotatable bonds is 6. The fraction of sp³-hybridized carbons (Fsp3) is 0.171. The molecule has 0 amide bonds. The quantitative estimate of drug-likeness (QED) is 0.180. The Bertz CT molecular complexity index is 1760. The molecule has 0 saturated carbocycles. The summed E-state index contributed by atoms with van der Waals surface area (Å²) < 4.78 is 0. The van der Waals surface area contributed by atoms with Gasteiger partial charge in [0.15, 0.2) is 0 Å². The van der Waals surface area contributed by atoms with Gasteiger partial charge >= 0.3 is 0 Å². The van der Waals surface area contributed by atoms with Gasteiger partial charge in [0, 0.05) is 31.3 Å². The third-order valence-corrected chi connectivity index (χ3v) is 11.1. The molecule has 2 heteroatoms. The van der Waals surface area contributed by atoms with Crippen molar-refractivity contribution in [3.63, 3.8) is 0 Å². The lowest BCUT2D eigenvalue weighted by atomic mass is 9.86. The third-order valence-electron chi connectivity index (χ3n) is 8.95. The summed E-state index contributed by atoms with van der Waals surface area (Å²) in [4.78, 5) is 5.47. The minimum atomic E-state index is 0.322. The lowest BCUT2D eigenvalue weighted by Crippen LogP contribution is -2.00. The van der Waals surface area contributed by atoms with Crippen LogP contribution in [0.3, 0.4) is 0 Å². The van der Waals surface area contributed by atoms with E-state index in [1.165, 1.54) is 75.2 Å². The summed E-state index contributed by atoms with van der Waals surface area (Å²) in [5.74, 6) is 0.644. The summed E-state index contributed by atoms with van der Waals surface area (Å²) >= 11 is 3.86. The average Bonchev–Trinajstić information content (AvgIpc) is 3.73. The third kappa shape index (κ3) is 5.35. The lowest BCUT2D eigenvalue weighted by Gasteiger charge is -2.17. The van der Waals surface area contributed by atoms with E-state index < -0.39 is 0 Å². The van der Waals surface area contributed by atoms with Gasteiger partial charge in [-0.1, -0.05) is 120 Å². The Morgan fingerprint density at radius 3 is 1.21 bits per heavy atom. The SMILES string of the molecule is Cc1ccc(-c2cc(C3=C(c4cc(-c5ccc(C)cc5)sc4C)[C@H](c4ccccc4)C[C@H]3c3ccccc3)c(C)s2)cc1. The van der Waals surface area contributed by atoms with Crippen LogP contribution in [0.1, 0.15) is 61.4 Å². The Labute approximate surface area is 264 Å². The van der Waals surface area contributed by atoms with E-state index >= 15 is 0 Å². The molecule has 2 heterocycles. The summed E-state index contributed by atoms with van der Waals surface area (Å²) in [6.07, 6.45) is 1.07. The predicted molar refractivity (Wildman–Crippen MR) is 188 cm³/mol. The Balaban J connectivity index is 1.48. The molecule has 212 valence electrons. The zero-order valence-corrected chi connectivity index (χ0v) is 26.9. The molecular formula is C41H36S2. The number of allylic oxidation sites excluding steroid dienone is 2. The molecule has 4 aromatic carbocycles. The molecule has 2 atom stereocenters. The molecule has 0 fully saturated rings. The Kier molecular flexibility index (Phi) is 7.51. The zero-order chi connectivity index (χ0) is 29.5. The second-order valence-electron chi connectivity index (χ2n) is 11.9. The number of hydrogen-bond donors (Lipinski definition) is 0. The fourth-order valence-electron chi connectivity index (χ4n) is 6.71. The summed E-state index contributed by atoms with van der Waals surface area (Å²) in [7, 11) is 0. The average molecular weight is 593 g/mol. The highest BCUT2D eigenvalue weighted by molar-refractivity contribution is 7.16. The molecular weight excluding hydrogens is 557 g/mol. The zero-order valence-electron chi connectivity index (χ0n) is 25.2. The van der Waals surface area contributed by atoms with Gasteiger partial charge in [0.25, 0.3) is 0 Å². The molecule has 0 aliphatic heterocycles. The summed E-state index contributed by atoms with van der Waals surface area (Å²) in [6, 6.07) is 45.3. The maximum Gasteiger partial charge on any atom is 0.0351 e. The minimum absolute atomic E-state index is 0.322. The highest BCUT2D eigenvalue weighted by atomic mass is 32.1. The van der Waals surface area contributed by atoms with E-state index in [0.717, 1.165) is 6.42 Å². The molecule has 7 rings (SSSR count). The smallest absolute Gasteiger partial charge is 0.0351 e. The van der Waals surface area contributed by atoms with Crippen LogP contribution < -0.4 is 0 Å². The van der Waals surface area contributed by atoms with Crippen molar-refractivity contribution in [1.82, 2.24) is 0 Å². The van der Waals surface area contributed by atoms with Crippen LogP contribution in [0.15, 0.2) is 121 Å². The highest BCUT2D eigenvalue weighted by Crippen LogP contribution is 2.58. The van der Waals surface area contributed by atoms with E-state index in [-0.39, 0.29) is 0 Å². The predicted octanol–water partition coefficient (Wildman–Crippen LogP) is 12.3. The molecule has 1 aliphatic rings. The maximum atomic E-state index is 2.48. The van der Waals surface area contributed by atoms with Gasteiger partial charge in [0.05, 0.1) is 0 Å². The van der Waals surface area contributed by atoms with Crippen molar-refractivity contribution in [2.45, 2.75) is 46.0 Å². The number of thiophene rings is 2. The van der Waals surface area contributed by atoms with Gasteiger partial charge in [0.2, 0.25) is 0 Å². The maximum absolute atomic E-state index is 2.48. The van der Waals surface area contributed by atoms with Crippen molar-refractivity contribution in [2.24, 2.45) is 0 Å². The van der Waals surface area contributed by atoms with Crippen LogP contribution in [-0.2, 0) is 0 Å². The van der Waals surface area contributed by atoms with Crippen molar-refractivity contribution in [1.29, 1.82) is 0 Å². The van der Waals surface area contributed by atoms with Crippen molar-refractivity contribution < 1.29 is 0 Å². The van der Waals surface area contributed by atoms with Crippen molar-refractivity contribution in [2.75, 3.05) is 0 Å². The normalized spacial score (nSPS) is 16.7. The van der Waals surface area contributed by atoms with Crippen LogP contribution in [0.5, 0.6) is 0 Å². The lowest BCUT2D eigenvalue weighted by molar-refractivity contribution is 0.735. The van der Waals surface area contributed by atoms with Crippen LogP contribution in [0, 0.1) is 27.7 Å². The monoisotopic (exact) mass is 592 g/mol. The Morgan fingerprint density at radius 1 is 0.465 bits per heavy atom. The summed E-state index contributed by atoms with van der Waals surface area (Å²) in [5, 5.41) is 0. The largest absolute Gasteiger partial charge is 0.140 e. The first-order valence-corrected chi connectivity index (χ1v) is 16.8. The molecule has 0 unspecified atom stereocenters. The minimum Gasteiger partial charge on any atom is -0.140 e. The van der Waals surface area contributed by atoms with E-state index in [1.807, 2.05) is 22.7 Å². The molecule has 0 nitrogen and oxygen atoms in total. The molecule has 6 aromatic rings. The van der Waals surface area contributed by atoms with E-state index in [0.29, 0.717) is 11.8 Å². The molecule has 43 heavy (non-hydrogen) atoms. The Hall–Kier alpha value is -3.98. The molecule has 0 saturated heterocycles. The van der Waals surface area contributed by atoms with Gasteiger partial charge in [-0.3, -0.25) is 0 Å². The molecule has 0 radical (unpaired) electrons. The van der Waals surface area contributed by atoms with E-state index in [9.17, 15) is 0 Å². The topological polar surface area (TPSA) is 0 Å². The van der Waals surface area contributed by atoms with Crippen LogP contribution in [0.25, 0.3) is 32.0 Å². The van der Waals surface area contributed by atoms with Crippen LogP contribution in [-0.4, -0.2) is 0 Å². The van der Waals surface area contributed by atoms with Gasteiger partial charge < -0.3 is 0 Å². The Morgan fingerprint density at radius 2 is 0.837 bits per heavy atom. The second-order valence-corrected chi connectivity index (χ2v) is 14.4. The number of benzene rings is 4. The summed E-state index contributed by atoms with van der Waals surface area (Å²) in [5.41, 5.74) is 13.8. The number of hydrogen-bond acceptors (Lipinski definition) is 2. The molecule has 1 aliphatic carbocycles. The van der Waals surface area contributed by atoms with E-state index in [2.05, 4.69) is 149 Å². The first-order chi connectivity index (χ1) is 21.0. The van der Waals surface area contributed by atoms with E-state index in [1.54, 1.807) is 0 Å². The molecule has 0 bridgehead atoms. The van der Waals surface area contributed by atoms with Gasteiger partial charge in [0.1, 0.15) is 0 Å².